The lowest BCUT2D eigenvalue weighted by molar-refractivity contribution is -0.141. The lowest BCUT2D eigenvalue weighted by Gasteiger charge is -2.22. The van der Waals surface area contributed by atoms with Crippen LogP contribution in [0.25, 0.3) is 0 Å². The van der Waals surface area contributed by atoms with Crippen molar-refractivity contribution in [1.29, 1.82) is 0 Å². The minimum Gasteiger partial charge on any atom is -0.479 e. The van der Waals surface area contributed by atoms with Gasteiger partial charge in [-0.25, -0.2) is 9.59 Å². The molecule has 2 N–H and O–H groups in total. The summed E-state index contributed by atoms with van der Waals surface area (Å²) in [4.78, 5) is 22.5. The van der Waals surface area contributed by atoms with Gasteiger partial charge in [0, 0.05) is 5.92 Å². The van der Waals surface area contributed by atoms with Crippen molar-refractivity contribution in [3.8, 4) is 0 Å². The SMILES string of the molecule is C=C[C@H]1C[C@@]1(NC(=O)OC(C)(C)C)C(=O)O. The molecule has 2 atom stereocenters. The molecule has 1 fully saturated rings. The second kappa shape index (κ2) is 3.81. The number of rotatable bonds is 3. The normalized spacial score (nSPS) is 28.1. The molecule has 5 nitrogen and oxygen atoms in total. The van der Waals surface area contributed by atoms with E-state index >= 15 is 0 Å². The summed E-state index contributed by atoms with van der Waals surface area (Å²) in [6.45, 7) is 8.69. The largest absolute Gasteiger partial charge is 0.479 e. The number of alkyl carbamates (subject to hydrolysis) is 1. The van der Waals surface area contributed by atoms with Crippen molar-refractivity contribution >= 4 is 12.1 Å². The minimum atomic E-state index is -1.22. The zero-order valence-corrected chi connectivity index (χ0v) is 9.74. The zero-order valence-electron chi connectivity index (χ0n) is 9.74. The number of aliphatic carboxylic acids is 1. The van der Waals surface area contributed by atoms with Crippen LogP contribution in [0.5, 0.6) is 0 Å². The summed E-state index contributed by atoms with van der Waals surface area (Å²) in [5, 5.41) is 11.4. The monoisotopic (exact) mass is 227 g/mol. The zero-order chi connectivity index (χ0) is 12.6. The van der Waals surface area contributed by atoms with E-state index in [0.717, 1.165) is 0 Å². The molecule has 0 aromatic carbocycles. The molecule has 0 aliphatic heterocycles. The molecule has 1 aliphatic carbocycles. The highest BCUT2D eigenvalue weighted by Gasteiger charge is 2.60. The van der Waals surface area contributed by atoms with Crippen molar-refractivity contribution in [3.63, 3.8) is 0 Å². The molecule has 90 valence electrons. The fourth-order valence-corrected chi connectivity index (χ4v) is 1.50. The predicted molar refractivity (Wildman–Crippen MR) is 58.0 cm³/mol. The first-order valence-corrected chi connectivity index (χ1v) is 5.08. The van der Waals surface area contributed by atoms with Crippen LogP contribution < -0.4 is 5.32 Å². The van der Waals surface area contributed by atoms with E-state index in [0.29, 0.717) is 6.42 Å². The van der Waals surface area contributed by atoms with Gasteiger partial charge in [-0.3, -0.25) is 0 Å². The van der Waals surface area contributed by atoms with Crippen molar-refractivity contribution in [2.45, 2.75) is 38.3 Å². The van der Waals surface area contributed by atoms with Gasteiger partial charge in [-0.2, -0.15) is 0 Å². The smallest absolute Gasteiger partial charge is 0.408 e. The van der Waals surface area contributed by atoms with E-state index in [9.17, 15) is 9.59 Å². The number of hydrogen-bond donors (Lipinski definition) is 2. The van der Waals surface area contributed by atoms with Crippen LogP contribution in [0.4, 0.5) is 4.79 Å². The van der Waals surface area contributed by atoms with Crippen LogP contribution in [0.15, 0.2) is 12.7 Å². The molecule has 0 aromatic heterocycles. The Balaban J connectivity index is 2.63. The molecule has 1 saturated carbocycles. The third-order valence-electron chi connectivity index (χ3n) is 2.40. The number of ether oxygens (including phenoxy) is 1. The maximum atomic E-state index is 11.4. The van der Waals surface area contributed by atoms with Crippen LogP contribution in [-0.4, -0.2) is 28.3 Å². The average molecular weight is 227 g/mol. The van der Waals surface area contributed by atoms with E-state index in [1.165, 1.54) is 6.08 Å². The van der Waals surface area contributed by atoms with Crippen molar-refractivity contribution in [3.05, 3.63) is 12.7 Å². The Morgan fingerprint density at radius 3 is 2.44 bits per heavy atom. The number of amides is 1. The molecule has 5 heteroatoms. The summed E-state index contributed by atoms with van der Waals surface area (Å²) in [6, 6.07) is 0. The Labute approximate surface area is 94.5 Å². The van der Waals surface area contributed by atoms with Gasteiger partial charge in [0.05, 0.1) is 0 Å². The molecule has 0 aromatic rings. The van der Waals surface area contributed by atoms with Crippen LogP contribution in [0, 0.1) is 5.92 Å². The van der Waals surface area contributed by atoms with Gasteiger partial charge >= 0.3 is 12.1 Å². The molecular formula is C11H17NO4. The molecule has 1 rings (SSSR count). The highest BCUT2D eigenvalue weighted by atomic mass is 16.6. The molecule has 0 spiro atoms. The van der Waals surface area contributed by atoms with Crippen molar-refractivity contribution in [2.24, 2.45) is 5.92 Å². The predicted octanol–water partition coefficient (Wildman–Crippen LogP) is 1.54. The first kappa shape index (κ1) is 12.5. The van der Waals surface area contributed by atoms with Crippen molar-refractivity contribution in [1.82, 2.24) is 5.32 Å². The highest BCUT2D eigenvalue weighted by molar-refractivity contribution is 5.88. The van der Waals surface area contributed by atoms with Crippen LogP contribution in [0.1, 0.15) is 27.2 Å². The van der Waals surface area contributed by atoms with Gasteiger partial charge in [0.15, 0.2) is 0 Å². The van der Waals surface area contributed by atoms with Crippen molar-refractivity contribution in [2.75, 3.05) is 0 Å². The Bertz CT molecular complexity index is 331. The Morgan fingerprint density at radius 1 is 1.56 bits per heavy atom. The first-order valence-electron chi connectivity index (χ1n) is 5.08. The van der Waals surface area contributed by atoms with Gasteiger partial charge < -0.3 is 15.2 Å². The molecule has 16 heavy (non-hydrogen) atoms. The van der Waals surface area contributed by atoms with Gasteiger partial charge in [0.25, 0.3) is 0 Å². The third kappa shape index (κ3) is 2.53. The fraction of sp³-hybridized carbons (Fsp3) is 0.636. The second-order valence-electron chi connectivity index (χ2n) is 4.95. The molecular weight excluding hydrogens is 210 g/mol. The highest BCUT2D eigenvalue weighted by Crippen LogP contribution is 2.44. The summed E-state index contributed by atoms with van der Waals surface area (Å²) in [7, 11) is 0. The van der Waals surface area contributed by atoms with Gasteiger partial charge in [-0.15, -0.1) is 6.58 Å². The van der Waals surface area contributed by atoms with Gasteiger partial charge in [0.1, 0.15) is 11.1 Å². The van der Waals surface area contributed by atoms with Crippen LogP contribution in [0.2, 0.25) is 0 Å². The summed E-state index contributed by atoms with van der Waals surface area (Å²) in [5.74, 6) is -1.28. The number of nitrogens with one attached hydrogen (secondary N) is 1. The molecule has 0 unspecified atom stereocenters. The quantitative estimate of drug-likeness (QED) is 0.717. The number of carboxylic acid groups (broad SMARTS) is 1. The molecule has 0 heterocycles. The molecule has 0 radical (unpaired) electrons. The topological polar surface area (TPSA) is 75.6 Å². The maximum absolute atomic E-state index is 11.4. The molecule has 0 bridgehead atoms. The van der Waals surface area contributed by atoms with E-state index < -0.39 is 23.2 Å². The summed E-state index contributed by atoms with van der Waals surface area (Å²) < 4.78 is 5.01. The average Bonchev–Trinajstić information content (AvgIpc) is 2.76. The first-order chi connectivity index (χ1) is 7.21. The van der Waals surface area contributed by atoms with E-state index in [-0.39, 0.29) is 5.92 Å². The van der Waals surface area contributed by atoms with Crippen LogP contribution in [0.3, 0.4) is 0 Å². The van der Waals surface area contributed by atoms with Crippen LogP contribution >= 0.6 is 0 Å². The lowest BCUT2D eigenvalue weighted by Crippen LogP contribution is -2.46. The fourth-order valence-electron chi connectivity index (χ4n) is 1.50. The van der Waals surface area contributed by atoms with Gasteiger partial charge in [-0.05, 0) is 27.2 Å². The van der Waals surface area contributed by atoms with E-state index in [1.807, 2.05) is 0 Å². The maximum Gasteiger partial charge on any atom is 0.408 e. The molecule has 0 saturated heterocycles. The van der Waals surface area contributed by atoms with E-state index in [4.69, 9.17) is 9.84 Å². The summed E-state index contributed by atoms with van der Waals surface area (Å²) in [6.07, 6.45) is 1.19. The summed E-state index contributed by atoms with van der Waals surface area (Å²) in [5.41, 5.74) is -1.85. The number of carbonyl (C=O) groups is 2. The Hall–Kier alpha value is -1.52. The third-order valence-corrected chi connectivity index (χ3v) is 2.40. The van der Waals surface area contributed by atoms with Crippen molar-refractivity contribution < 1.29 is 19.4 Å². The molecule has 1 amide bonds. The molecule has 1 aliphatic rings. The summed E-state index contributed by atoms with van der Waals surface area (Å²) >= 11 is 0. The number of hydrogen-bond acceptors (Lipinski definition) is 3. The number of carbonyl (C=O) groups excluding carboxylic acids is 1. The number of carboxylic acids is 1. The van der Waals surface area contributed by atoms with Gasteiger partial charge in [0.2, 0.25) is 0 Å². The van der Waals surface area contributed by atoms with E-state index in [2.05, 4.69) is 11.9 Å². The standard InChI is InChI=1S/C11H17NO4/c1-5-7-6-11(7,8(13)14)12-9(15)16-10(2,3)4/h5,7H,1,6H2,2-4H3,(H,12,15)(H,13,14)/t7-,11-/m0/s1. The van der Waals surface area contributed by atoms with E-state index in [1.54, 1.807) is 20.8 Å². The van der Waals surface area contributed by atoms with Gasteiger partial charge in [-0.1, -0.05) is 6.08 Å². The second-order valence-corrected chi connectivity index (χ2v) is 4.95. The minimum absolute atomic E-state index is 0.225. The lowest BCUT2D eigenvalue weighted by atomic mass is 10.2. The Kier molecular flexibility index (Phi) is 2.99. The van der Waals surface area contributed by atoms with Crippen LogP contribution in [-0.2, 0) is 9.53 Å². The Morgan fingerprint density at radius 2 is 2.12 bits per heavy atom.